The number of amides is 1. The van der Waals surface area contributed by atoms with Gasteiger partial charge in [0, 0.05) is 20.0 Å². The zero-order valence-electron chi connectivity index (χ0n) is 15.8. The fourth-order valence-electron chi connectivity index (χ4n) is 2.53. The molecule has 0 atom stereocenters. The lowest BCUT2D eigenvalue weighted by atomic mass is 10.1. The van der Waals surface area contributed by atoms with Gasteiger partial charge in [-0.25, -0.2) is 0 Å². The van der Waals surface area contributed by atoms with Crippen molar-refractivity contribution < 1.29 is 4.79 Å². The first-order valence-electron chi connectivity index (χ1n) is 8.96. The topological polar surface area (TPSA) is 23.6 Å². The molecule has 23 heavy (non-hydrogen) atoms. The molecule has 0 spiro atoms. The van der Waals surface area contributed by atoms with Crippen LogP contribution in [-0.4, -0.2) is 49.9 Å². The van der Waals surface area contributed by atoms with Crippen molar-refractivity contribution in [1.82, 2.24) is 9.80 Å². The number of rotatable bonds is 14. The summed E-state index contributed by atoms with van der Waals surface area (Å²) >= 11 is 0. The van der Waals surface area contributed by atoms with E-state index in [2.05, 4.69) is 25.9 Å². The van der Waals surface area contributed by atoms with Crippen molar-refractivity contribution in [3.05, 3.63) is 0 Å². The molecule has 1 amide bonds. The Morgan fingerprint density at radius 2 is 1.17 bits per heavy atom. The lowest BCUT2D eigenvalue weighted by molar-refractivity contribution is -0.130. The molecule has 0 saturated carbocycles. The minimum Gasteiger partial charge on any atom is -0.346 e. The highest BCUT2D eigenvalue weighted by Crippen LogP contribution is 2.11. The second kappa shape index (κ2) is 20.1. The van der Waals surface area contributed by atoms with Crippen molar-refractivity contribution in [3.63, 3.8) is 0 Å². The fourth-order valence-corrected chi connectivity index (χ4v) is 2.53. The van der Waals surface area contributed by atoms with Crippen molar-refractivity contribution in [2.24, 2.45) is 0 Å². The van der Waals surface area contributed by atoms with Crippen LogP contribution in [-0.2, 0) is 4.79 Å². The molecule has 0 aromatic rings. The van der Waals surface area contributed by atoms with E-state index in [1.54, 1.807) is 0 Å². The van der Waals surface area contributed by atoms with E-state index in [4.69, 9.17) is 0 Å². The standard InChI is InChI=1S/C18H38N2O.2ClH/c1-5-6-7-8-9-10-11-12-13-15-18(21)20(4)17-14-16-19(2)3;;/h5-17H2,1-4H3;2*1H. The van der Waals surface area contributed by atoms with Gasteiger partial charge in [0.2, 0.25) is 5.91 Å². The van der Waals surface area contributed by atoms with E-state index in [1.165, 1.54) is 51.4 Å². The van der Waals surface area contributed by atoms with Crippen LogP contribution < -0.4 is 0 Å². The Kier molecular flexibility index (Phi) is 24.3. The van der Waals surface area contributed by atoms with Gasteiger partial charge in [-0.05, 0) is 33.5 Å². The van der Waals surface area contributed by atoms with Crippen molar-refractivity contribution in [2.45, 2.75) is 77.6 Å². The average molecular weight is 371 g/mol. The second-order valence-corrected chi connectivity index (χ2v) is 6.55. The normalized spacial score (nSPS) is 10.1. The van der Waals surface area contributed by atoms with Crippen LogP contribution in [0.4, 0.5) is 0 Å². The summed E-state index contributed by atoms with van der Waals surface area (Å²) in [4.78, 5) is 16.0. The van der Waals surface area contributed by atoms with Crippen molar-refractivity contribution in [3.8, 4) is 0 Å². The number of nitrogens with zero attached hydrogens (tertiary/aromatic N) is 2. The zero-order valence-corrected chi connectivity index (χ0v) is 17.4. The van der Waals surface area contributed by atoms with Gasteiger partial charge in [-0.2, -0.15) is 0 Å². The van der Waals surface area contributed by atoms with Gasteiger partial charge in [0.05, 0.1) is 0 Å². The van der Waals surface area contributed by atoms with Gasteiger partial charge in [0.15, 0.2) is 0 Å². The third-order valence-electron chi connectivity index (χ3n) is 4.02. The van der Waals surface area contributed by atoms with Gasteiger partial charge >= 0.3 is 0 Å². The summed E-state index contributed by atoms with van der Waals surface area (Å²) in [5.74, 6) is 0.316. The molecule has 5 heteroatoms. The van der Waals surface area contributed by atoms with Crippen molar-refractivity contribution in [1.29, 1.82) is 0 Å². The van der Waals surface area contributed by atoms with Gasteiger partial charge < -0.3 is 9.80 Å². The molecule has 0 unspecified atom stereocenters. The van der Waals surface area contributed by atoms with Crippen LogP contribution in [0, 0.1) is 0 Å². The Labute approximate surface area is 157 Å². The Morgan fingerprint density at radius 3 is 1.65 bits per heavy atom. The largest absolute Gasteiger partial charge is 0.346 e. The van der Waals surface area contributed by atoms with Crippen LogP contribution in [0.25, 0.3) is 0 Å². The first kappa shape index (κ1) is 27.8. The second-order valence-electron chi connectivity index (χ2n) is 6.55. The molecule has 0 heterocycles. The van der Waals surface area contributed by atoms with Crippen LogP contribution in [0.5, 0.6) is 0 Å². The van der Waals surface area contributed by atoms with Gasteiger partial charge in [-0.1, -0.05) is 58.3 Å². The minimum absolute atomic E-state index is 0. The molecular formula is C18H40Cl2N2O. The van der Waals surface area contributed by atoms with E-state index in [-0.39, 0.29) is 24.8 Å². The highest BCUT2D eigenvalue weighted by Gasteiger charge is 2.07. The predicted octanol–water partition coefficient (Wildman–Crippen LogP) is 5.16. The molecule has 0 aromatic carbocycles. The van der Waals surface area contributed by atoms with Crippen LogP contribution in [0.1, 0.15) is 77.6 Å². The number of carbonyl (C=O) groups excluding carboxylic acids is 1. The van der Waals surface area contributed by atoms with Crippen molar-refractivity contribution in [2.75, 3.05) is 34.2 Å². The Bertz CT molecular complexity index is 251. The summed E-state index contributed by atoms with van der Waals surface area (Å²) in [6.07, 6.45) is 13.6. The van der Waals surface area contributed by atoms with Crippen LogP contribution in [0.2, 0.25) is 0 Å². The summed E-state index contributed by atoms with van der Waals surface area (Å²) in [5, 5.41) is 0. The molecule has 0 rings (SSSR count). The smallest absolute Gasteiger partial charge is 0.222 e. The summed E-state index contributed by atoms with van der Waals surface area (Å²) < 4.78 is 0. The Morgan fingerprint density at radius 1 is 0.696 bits per heavy atom. The first-order valence-corrected chi connectivity index (χ1v) is 8.96. The lowest BCUT2D eigenvalue weighted by Crippen LogP contribution is -2.29. The summed E-state index contributed by atoms with van der Waals surface area (Å²) in [7, 11) is 6.08. The number of hydrogen-bond donors (Lipinski definition) is 0. The quantitative estimate of drug-likeness (QED) is 0.394. The minimum atomic E-state index is 0. The maximum atomic E-state index is 11.9. The molecule has 0 bridgehead atoms. The third-order valence-corrected chi connectivity index (χ3v) is 4.02. The maximum absolute atomic E-state index is 11.9. The summed E-state index contributed by atoms with van der Waals surface area (Å²) in [5.41, 5.74) is 0. The monoisotopic (exact) mass is 370 g/mol. The molecule has 0 fully saturated rings. The Hall–Kier alpha value is 0.01000. The maximum Gasteiger partial charge on any atom is 0.222 e. The molecule has 0 radical (unpaired) electrons. The number of carbonyl (C=O) groups is 1. The molecule has 0 N–H and O–H groups in total. The van der Waals surface area contributed by atoms with Gasteiger partial charge in [-0.15, -0.1) is 24.8 Å². The van der Waals surface area contributed by atoms with E-state index in [1.807, 2.05) is 11.9 Å². The molecule has 0 aliphatic carbocycles. The number of halogens is 2. The number of unbranched alkanes of at least 4 members (excludes halogenated alkanes) is 8. The Balaban J connectivity index is -0.00000200. The van der Waals surface area contributed by atoms with E-state index < -0.39 is 0 Å². The highest BCUT2D eigenvalue weighted by molar-refractivity contribution is 5.85. The lowest BCUT2D eigenvalue weighted by Gasteiger charge is -2.18. The van der Waals surface area contributed by atoms with E-state index in [0.29, 0.717) is 5.91 Å². The van der Waals surface area contributed by atoms with Crippen LogP contribution in [0.3, 0.4) is 0 Å². The predicted molar refractivity (Wildman–Crippen MR) is 107 cm³/mol. The molecule has 0 saturated heterocycles. The molecule has 0 aromatic heterocycles. The molecule has 142 valence electrons. The van der Waals surface area contributed by atoms with Crippen molar-refractivity contribution >= 4 is 30.7 Å². The first-order chi connectivity index (χ1) is 10.1. The van der Waals surface area contributed by atoms with Gasteiger partial charge in [-0.3, -0.25) is 4.79 Å². The van der Waals surface area contributed by atoms with E-state index in [9.17, 15) is 4.79 Å². The van der Waals surface area contributed by atoms with E-state index >= 15 is 0 Å². The molecule has 0 aliphatic rings. The van der Waals surface area contributed by atoms with E-state index in [0.717, 1.165) is 32.4 Å². The summed E-state index contributed by atoms with van der Waals surface area (Å²) in [6.45, 7) is 4.19. The summed E-state index contributed by atoms with van der Waals surface area (Å²) in [6, 6.07) is 0. The van der Waals surface area contributed by atoms with Crippen LogP contribution in [0.15, 0.2) is 0 Å². The zero-order chi connectivity index (χ0) is 15.9. The molecule has 0 aliphatic heterocycles. The van der Waals surface area contributed by atoms with Gasteiger partial charge in [0.25, 0.3) is 0 Å². The number of hydrogen-bond acceptors (Lipinski definition) is 2. The van der Waals surface area contributed by atoms with Gasteiger partial charge in [0.1, 0.15) is 0 Å². The SMILES string of the molecule is CCCCCCCCCCCC(=O)N(C)CCCN(C)C.Cl.Cl. The highest BCUT2D eigenvalue weighted by atomic mass is 35.5. The average Bonchev–Trinajstić information content (AvgIpc) is 2.44. The van der Waals surface area contributed by atoms with Crippen LogP contribution >= 0.6 is 24.8 Å². The fraction of sp³-hybridized carbons (Fsp3) is 0.944. The molecule has 3 nitrogen and oxygen atoms in total. The molecular weight excluding hydrogens is 331 g/mol. The third kappa shape index (κ3) is 20.0.